The van der Waals surface area contributed by atoms with Gasteiger partial charge in [0.1, 0.15) is 11.6 Å². The van der Waals surface area contributed by atoms with E-state index in [0.29, 0.717) is 23.1 Å². The number of ether oxygens (including phenoxy) is 1. The van der Waals surface area contributed by atoms with E-state index in [0.717, 1.165) is 17.7 Å². The van der Waals surface area contributed by atoms with E-state index in [-0.39, 0.29) is 5.82 Å². The highest BCUT2D eigenvalue weighted by Gasteiger charge is 2.03. The van der Waals surface area contributed by atoms with Crippen molar-refractivity contribution in [2.75, 3.05) is 6.61 Å². The fourth-order valence-electron chi connectivity index (χ4n) is 1.87. The molecule has 126 valence electrons. The average Bonchev–Trinajstić information content (AvgIpc) is 2.60. The number of thioether (sulfide) groups is 1. The molecule has 0 atom stereocenters. The second-order valence-corrected chi connectivity index (χ2v) is 5.98. The summed E-state index contributed by atoms with van der Waals surface area (Å²) in [6.45, 7) is 2.57. The highest BCUT2D eigenvalue weighted by atomic mass is 32.2. The Balaban J connectivity index is 1.97. The molecule has 0 saturated heterocycles. The van der Waals surface area contributed by atoms with E-state index >= 15 is 0 Å². The summed E-state index contributed by atoms with van der Waals surface area (Å²) < 4.78 is 18.9. The smallest absolute Gasteiger partial charge is 0.180 e. The zero-order valence-corrected chi connectivity index (χ0v) is 14.3. The van der Waals surface area contributed by atoms with E-state index in [9.17, 15) is 4.39 Å². The van der Waals surface area contributed by atoms with Crippen molar-refractivity contribution < 1.29 is 9.13 Å². The number of halogens is 1. The Morgan fingerprint density at radius 1 is 1.25 bits per heavy atom. The molecular weight excluding hydrogens is 325 g/mol. The van der Waals surface area contributed by atoms with Gasteiger partial charge in [-0.15, -0.1) is 5.10 Å². The third-order valence-electron chi connectivity index (χ3n) is 3.02. The SMILES string of the molecule is CCCOc1ccc(F)cc1C=NN=C(N)SCc1ccccc1. The van der Waals surface area contributed by atoms with Crippen LogP contribution in [0, 0.1) is 5.82 Å². The fraction of sp³-hybridized carbons (Fsp3) is 0.222. The summed E-state index contributed by atoms with van der Waals surface area (Å²) >= 11 is 1.39. The molecule has 0 aromatic heterocycles. The Labute approximate surface area is 145 Å². The van der Waals surface area contributed by atoms with Crippen molar-refractivity contribution >= 4 is 23.1 Å². The Kier molecular flexibility index (Phi) is 7.29. The van der Waals surface area contributed by atoms with Gasteiger partial charge in [0.05, 0.1) is 12.8 Å². The van der Waals surface area contributed by atoms with Crippen LogP contribution in [-0.2, 0) is 5.75 Å². The summed E-state index contributed by atoms with van der Waals surface area (Å²) in [4.78, 5) is 0. The molecule has 0 spiro atoms. The standard InChI is InChI=1S/C18H20FN3OS/c1-2-10-23-17-9-8-16(19)11-15(17)12-21-22-18(20)24-13-14-6-4-3-5-7-14/h3-9,11-12H,2,10,13H2,1H3,(H2,20,22). The maximum Gasteiger partial charge on any atom is 0.180 e. The van der Waals surface area contributed by atoms with Gasteiger partial charge in [0, 0.05) is 11.3 Å². The molecule has 2 rings (SSSR count). The van der Waals surface area contributed by atoms with Crippen molar-refractivity contribution in [2.24, 2.45) is 15.9 Å². The number of nitrogens with zero attached hydrogens (tertiary/aromatic N) is 2. The van der Waals surface area contributed by atoms with Crippen LogP contribution in [-0.4, -0.2) is 18.0 Å². The van der Waals surface area contributed by atoms with Crippen molar-refractivity contribution in [3.05, 3.63) is 65.5 Å². The Hall–Kier alpha value is -2.34. The topological polar surface area (TPSA) is 60.0 Å². The molecule has 2 aromatic carbocycles. The van der Waals surface area contributed by atoms with Gasteiger partial charge in [-0.3, -0.25) is 0 Å². The highest BCUT2D eigenvalue weighted by Crippen LogP contribution is 2.18. The number of rotatable bonds is 7. The maximum atomic E-state index is 13.4. The number of hydrogen-bond donors (Lipinski definition) is 1. The zero-order chi connectivity index (χ0) is 17.2. The molecule has 0 amide bonds. The minimum Gasteiger partial charge on any atom is -0.493 e. The van der Waals surface area contributed by atoms with E-state index in [1.54, 1.807) is 6.07 Å². The summed E-state index contributed by atoms with van der Waals surface area (Å²) in [6.07, 6.45) is 2.32. The predicted octanol–water partition coefficient (Wildman–Crippen LogP) is 4.20. The third kappa shape index (κ3) is 6.04. The monoisotopic (exact) mass is 345 g/mol. The Morgan fingerprint density at radius 3 is 2.79 bits per heavy atom. The van der Waals surface area contributed by atoms with Crippen LogP contribution in [0.1, 0.15) is 24.5 Å². The van der Waals surface area contributed by atoms with E-state index < -0.39 is 0 Å². The van der Waals surface area contributed by atoms with Crippen molar-refractivity contribution in [1.29, 1.82) is 0 Å². The van der Waals surface area contributed by atoms with E-state index in [4.69, 9.17) is 10.5 Å². The molecule has 24 heavy (non-hydrogen) atoms. The summed E-state index contributed by atoms with van der Waals surface area (Å²) in [6, 6.07) is 14.3. The second-order valence-electron chi connectivity index (χ2n) is 4.99. The van der Waals surface area contributed by atoms with Gasteiger partial charge in [0.25, 0.3) is 0 Å². The van der Waals surface area contributed by atoms with Crippen LogP contribution >= 0.6 is 11.8 Å². The van der Waals surface area contributed by atoms with Gasteiger partial charge in [-0.1, -0.05) is 49.0 Å². The van der Waals surface area contributed by atoms with Crippen LogP contribution in [0.3, 0.4) is 0 Å². The van der Waals surface area contributed by atoms with Crippen LogP contribution in [0.5, 0.6) is 5.75 Å². The van der Waals surface area contributed by atoms with Crippen LogP contribution in [0.4, 0.5) is 4.39 Å². The molecule has 0 saturated carbocycles. The van der Waals surface area contributed by atoms with Gasteiger partial charge in [-0.2, -0.15) is 5.10 Å². The number of hydrogen-bond acceptors (Lipinski definition) is 4. The van der Waals surface area contributed by atoms with Crippen LogP contribution in [0.2, 0.25) is 0 Å². The molecule has 0 unspecified atom stereocenters. The minimum absolute atomic E-state index is 0.350. The minimum atomic E-state index is -0.351. The molecule has 0 fully saturated rings. The number of nitrogens with two attached hydrogens (primary N) is 1. The molecular formula is C18H20FN3OS. The van der Waals surface area contributed by atoms with Gasteiger partial charge in [0.15, 0.2) is 5.17 Å². The van der Waals surface area contributed by atoms with Crippen LogP contribution in [0.25, 0.3) is 0 Å². The van der Waals surface area contributed by atoms with Gasteiger partial charge < -0.3 is 10.5 Å². The van der Waals surface area contributed by atoms with Crippen molar-refractivity contribution in [3.8, 4) is 5.75 Å². The first-order valence-electron chi connectivity index (χ1n) is 7.64. The van der Waals surface area contributed by atoms with Crippen LogP contribution in [0.15, 0.2) is 58.7 Å². The number of benzene rings is 2. The average molecular weight is 345 g/mol. The summed E-state index contributed by atoms with van der Waals surface area (Å²) in [5.41, 5.74) is 7.52. The fourth-order valence-corrected chi connectivity index (χ4v) is 2.48. The molecule has 2 N–H and O–H groups in total. The summed E-state index contributed by atoms with van der Waals surface area (Å²) in [5, 5.41) is 8.22. The highest BCUT2D eigenvalue weighted by molar-refractivity contribution is 8.13. The summed E-state index contributed by atoms with van der Waals surface area (Å²) in [5.74, 6) is 0.944. The van der Waals surface area contributed by atoms with Gasteiger partial charge in [-0.25, -0.2) is 4.39 Å². The van der Waals surface area contributed by atoms with Crippen molar-refractivity contribution in [1.82, 2.24) is 0 Å². The first kappa shape index (κ1) is 18.0. The molecule has 0 bridgehead atoms. The lowest BCUT2D eigenvalue weighted by molar-refractivity contribution is 0.316. The molecule has 0 aliphatic rings. The Morgan fingerprint density at radius 2 is 2.04 bits per heavy atom. The van der Waals surface area contributed by atoms with Crippen molar-refractivity contribution in [3.63, 3.8) is 0 Å². The number of amidine groups is 1. The zero-order valence-electron chi connectivity index (χ0n) is 13.5. The van der Waals surface area contributed by atoms with E-state index in [1.807, 2.05) is 37.3 Å². The quantitative estimate of drug-likeness (QED) is 0.465. The third-order valence-corrected chi connectivity index (χ3v) is 3.87. The molecule has 0 aliphatic carbocycles. The van der Waals surface area contributed by atoms with Gasteiger partial charge in [0.2, 0.25) is 0 Å². The molecule has 0 heterocycles. The van der Waals surface area contributed by atoms with E-state index in [1.165, 1.54) is 30.1 Å². The van der Waals surface area contributed by atoms with E-state index in [2.05, 4.69) is 10.2 Å². The van der Waals surface area contributed by atoms with Gasteiger partial charge >= 0.3 is 0 Å². The molecule has 2 aromatic rings. The van der Waals surface area contributed by atoms with Gasteiger partial charge in [-0.05, 0) is 30.2 Å². The largest absolute Gasteiger partial charge is 0.493 e. The first-order chi connectivity index (χ1) is 11.7. The predicted molar refractivity (Wildman–Crippen MR) is 99.1 cm³/mol. The second kappa shape index (κ2) is 9.72. The molecule has 0 radical (unpaired) electrons. The lowest BCUT2D eigenvalue weighted by Gasteiger charge is -2.07. The lowest BCUT2D eigenvalue weighted by Crippen LogP contribution is -2.06. The Bertz CT molecular complexity index is 705. The van der Waals surface area contributed by atoms with Crippen LogP contribution < -0.4 is 10.5 Å². The lowest BCUT2D eigenvalue weighted by atomic mass is 10.2. The maximum absolute atomic E-state index is 13.4. The van der Waals surface area contributed by atoms with Crippen molar-refractivity contribution in [2.45, 2.75) is 19.1 Å². The molecule has 4 nitrogen and oxygen atoms in total. The summed E-state index contributed by atoms with van der Waals surface area (Å²) in [7, 11) is 0. The molecule has 0 aliphatic heterocycles. The molecule has 6 heteroatoms. The normalized spacial score (nSPS) is 11.8. The first-order valence-corrected chi connectivity index (χ1v) is 8.63.